The summed E-state index contributed by atoms with van der Waals surface area (Å²) in [5.74, 6) is -0.166. The van der Waals surface area contributed by atoms with E-state index in [1.807, 2.05) is 26.8 Å². The molecule has 0 aliphatic carbocycles. The fourth-order valence-corrected chi connectivity index (χ4v) is 1.90. The molecule has 8 nitrogen and oxygen atoms in total. The van der Waals surface area contributed by atoms with Crippen molar-refractivity contribution >= 4 is 11.9 Å². The predicted molar refractivity (Wildman–Crippen MR) is 81.4 cm³/mol. The van der Waals surface area contributed by atoms with Gasteiger partial charge in [0.15, 0.2) is 5.69 Å². The highest BCUT2D eigenvalue weighted by Crippen LogP contribution is 2.02. The van der Waals surface area contributed by atoms with Crippen molar-refractivity contribution < 1.29 is 4.79 Å². The lowest BCUT2D eigenvalue weighted by Gasteiger charge is -2.09. The van der Waals surface area contributed by atoms with E-state index < -0.39 is 5.91 Å². The van der Waals surface area contributed by atoms with E-state index in [9.17, 15) is 9.59 Å². The van der Waals surface area contributed by atoms with Crippen LogP contribution in [0.5, 0.6) is 0 Å². The van der Waals surface area contributed by atoms with Crippen LogP contribution < -0.4 is 16.4 Å². The minimum atomic E-state index is -0.465. The minimum absolute atomic E-state index is 0.143. The van der Waals surface area contributed by atoms with E-state index in [0.29, 0.717) is 12.5 Å². The second kappa shape index (κ2) is 6.79. The second-order valence-corrected chi connectivity index (χ2v) is 4.83. The Balaban J connectivity index is 2.09. The fourth-order valence-electron chi connectivity index (χ4n) is 1.90. The molecule has 2 aromatic rings. The Morgan fingerprint density at radius 1 is 1.23 bits per heavy atom. The third kappa shape index (κ3) is 3.87. The highest BCUT2D eigenvalue weighted by atomic mass is 16.2. The topological polar surface area (TPSA) is 102 Å². The summed E-state index contributed by atoms with van der Waals surface area (Å²) >= 11 is 0. The van der Waals surface area contributed by atoms with E-state index in [0.717, 1.165) is 17.8 Å². The smallest absolute Gasteiger partial charge is 0.268 e. The summed E-state index contributed by atoms with van der Waals surface area (Å²) in [4.78, 5) is 31.9. The van der Waals surface area contributed by atoms with Crippen LogP contribution >= 0.6 is 0 Å². The van der Waals surface area contributed by atoms with Crippen molar-refractivity contribution in [1.82, 2.24) is 25.2 Å². The molecule has 0 aliphatic rings. The van der Waals surface area contributed by atoms with Gasteiger partial charge in [0.25, 0.3) is 11.5 Å². The predicted octanol–water partition coefficient (Wildman–Crippen LogP) is 0.817. The molecule has 0 unspecified atom stereocenters. The summed E-state index contributed by atoms with van der Waals surface area (Å²) in [6.45, 7) is 6.07. The van der Waals surface area contributed by atoms with Crippen molar-refractivity contribution in [3.8, 4) is 0 Å². The molecule has 0 atom stereocenters. The maximum Gasteiger partial charge on any atom is 0.290 e. The lowest BCUT2D eigenvalue weighted by atomic mass is 10.3. The number of hydrogen-bond donors (Lipinski definition) is 2. The molecule has 116 valence electrons. The van der Waals surface area contributed by atoms with Gasteiger partial charge in [0.05, 0.1) is 0 Å². The second-order valence-electron chi connectivity index (χ2n) is 4.83. The highest BCUT2D eigenvalue weighted by molar-refractivity contribution is 5.92. The molecular weight excluding hydrogens is 284 g/mol. The molecule has 0 saturated heterocycles. The lowest BCUT2D eigenvalue weighted by Crippen LogP contribution is -2.33. The number of aryl methyl sites for hydroxylation is 3. The van der Waals surface area contributed by atoms with E-state index in [4.69, 9.17) is 0 Å². The zero-order valence-electron chi connectivity index (χ0n) is 12.8. The number of amides is 1. The van der Waals surface area contributed by atoms with Crippen LogP contribution in [-0.4, -0.2) is 25.7 Å². The van der Waals surface area contributed by atoms with E-state index in [-0.39, 0.29) is 11.3 Å². The Bertz CT molecular complexity index is 720. The zero-order chi connectivity index (χ0) is 16.1. The standard InChI is InChI=1S/C14H18N6O2/c1-4-7-20-12(21)6-5-11(19-20)13(22)17-18-14-15-9(2)8-10(3)16-14/h5-6,8H,4,7H2,1-3H3,(H,17,22)(H,15,16,18). The van der Waals surface area contributed by atoms with Gasteiger partial charge in [-0.05, 0) is 32.4 Å². The van der Waals surface area contributed by atoms with E-state index in [1.165, 1.54) is 16.8 Å². The molecule has 0 aromatic carbocycles. The summed E-state index contributed by atoms with van der Waals surface area (Å²) in [5.41, 5.74) is 6.60. The average Bonchev–Trinajstić information content (AvgIpc) is 2.46. The number of hydrogen-bond acceptors (Lipinski definition) is 6. The van der Waals surface area contributed by atoms with Gasteiger partial charge in [0.2, 0.25) is 5.95 Å². The van der Waals surface area contributed by atoms with Gasteiger partial charge >= 0.3 is 0 Å². The Morgan fingerprint density at radius 2 is 1.91 bits per heavy atom. The molecule has 0 radical (unpaired) electrons. The molecule has 22 heavy (non-hydrogen) atoms. The van der Waals surface area contributed by atoms with Crippen molar-refractivity contribution in [2.24, 2.45) is 0 Å². The number of nitrogens with one attached hydrogen (secondary N) is 2. The van der Waals surface area contributed by atoms with Crippen molar-refractivity contribution in [2.45, 2.75) is 33.7 Å². The van der Waals surface area contributed by atoms with E-state index >= 15 is 0 Å². The van der Waals surface area contributed by atoms with Gasteiger partial charge in [-0.25, -0.2) is 14.6 Å². The first-order chi connectivity index (χ1) is 10.5. The first-order valence-electron chi connectivity index (χ1n) is 6.96. The molecular formula is C14H18N6O2. The highest BCUT2D eigenvalue weighted by Gasteiger charge is 2.10. The Kier molecular flexibility index (Phi) is 4.82. The normalized spacial score (nSPS) is 10.3. The molecule has 2 heterocycles. The fraction of sp³-hybridized carbons (Fsp3) is 0.357. The summed E-state index contributed by atoms with van der Waals surface area (Å²) < 4.78 is 1.27. The van der Waals surface area contributed by atoms with Crippen molar-refractivity contribution in [2.75, 3.05) is 5.43 Å². The van der Waals surface area contributed by atoms with Crippen LogP contribution in [0.25, 0.3) is 0 Å². The molecule has 0 aliphatic heterocycles. The minimum Gasteiger partial charge on any atom is -0.268 e. The molecule has 2 rings (SSSR count). The van der Waals surface area contributed by atoms with Crippen LogP contribution in [0.1, 0.15) is 35.2 Å². The van der Waals surface area contributed by atoms with Crippen molar-refractivity contribution in [3.05, 3.63) is 45.6 Å². The van der Waals surface area contributed by atoms with E-state index in [1.54, 1.807) is 0 Å². The molecule has 8 heteroatoms. The summed E-state index contributed by atoms with van der Waals surface area (Å²) in [5, 5.41) is 4.02. The summed E-state index contributed by atoms with van der Waals surface area (Å²) in [6, 6.07) is 4.54. The maximum absolute atomic E-state index is 12.0. The van der Waals surface area contributed by atoms with Crippen LogP contribution in [0.2, 0.25) is 0 Å². The largest absolute Gasteiger partial charge is 0.290 e. The number of carbonyl (C=O) groups is 1. The SMILES string of the molecule is CCCn1nc(C(=O)NNc2nc(C)cc(C)n2)ccc1=O. The van der Waals surface area contributed by atoms with Gasteiger partial charge < -0.3 is 0 Å². The number of aromatic nitrogens is 4. The first kappa shape index (κ1) is 15.6. The Morgan fingerprint density at radius 3 is 2.55 bits per heavy atom. The molecule has 1 amide bonds. The number of rotatable bonds is 5. The summed E-state index contributed by atoms with van der Waals surface area (Å²) in [6.07, 6.45) is 0.757. The first-order valence-corrected chi connectivity index (χ1v) is 6.96. The molecule has 0 fully saturated rings. The number of hydrazine groups is 1. The Labute approximate surface area is 127 Å². The van der Waals surface area contributed by atoms with Gasteiger partial charge in [-0.15, -0.1) is 0 Å². The van der Waals surface area contributed by atoms with Crippen LogP contribution in [0, 0.1) is 13.8 Å². The molecule has 0 spiro atoms. The number of nitrogens with zero attached hydrogens (tertiary/aromatic N) is 4. The molecule has 0 bridgehead atoms. The third-order valence-corrected chi connectivity index (χ3v) is 2.80. The summed E-state index contributed by atoms with van der Waals surface area (Å²) in [7, 11) is 0. The monoisotopic (exact) mass is 302 g/mol. The van der Waals surface area contributed by atoms with Crippen molar-refractivity contribution in [3.63, 3.8) is 0 Å². The van der Waals surface area contributed by atoms with Gasteiger partial charge in [-0.3, -0.25) is 20.4 Å². The van der Waals surface area contributed by atoms with Crippen molar-refractivity contribution in [1.29, 1.82) is 0 Å². The number of carbonyl (C=O) groups excluding carboxylic acids is 1. The van der Waals surface area contributed by atoms with Gasteiger partial charge in [0, 0.05) is 24.0 Å². The lowest BCUT2D eigenvalue weighted by molar-refractivity contribution is 0.0954. The Hall–Kier alpha value is -2.77. The maximum atomic E-state index is 12.0. The molecule has 2 aromatic heterocycles. The molecule has 2 N–H and O–H groups in total. The quantitative estimate of drug-likeness (QED) is 0.793. The van der Waals surface area contributed by atoms with Gasteiger partial charge in [-0.2, -0.15) is 5.10 Å². The van der Waals surface area contributed by atoms with Crippen LogP contribution in [0.3, 0.4) is 0 Å². The van der Waals surface area contributed by atoms with Gasteiger partial charge in [-0.1, -0.05) is 6.92 Å². The molecule has 0 saturated carbocycles. The zero-order valence-corrected chi connectivity index (χ0v) is 12.8. The van der Waals surface area contributed by atoms with Crippen LogP contribution in [0.4, 0.5) is 5.95 Å². The third-order valence-electron chi connectivity index (χ3n) is 2.80. The number of anilines is 1. The van der Waals surface area contributed by atoms with Crippen LogP contribution in [-0.2, 0) is 6.54 Å². The van der Waals surface area contributed by atoms with Gasteiger partial charge in [0.1, 0.15) is 0 Å². The van der Waals surface area contributed by atoms with E-state index in [2.05, 4.69) is 25.9 Å². The average molecular weight is 302 g/mol. The van der Waals surface area contributed by atoms with Crippen LogP contribution in [0.15, 0.2) is 23.0 Å².